The first-order valence-corrected chi connectivity index (χ1v) is 6.15. The first-order chi connectivity index (χ1) is 9.08. The van der Waals surface area contributed by atoms with Gasteiger partial charge in [0.2, 0.25) is 0 Å². The van der Waals surface area contributed by atoms with Gasteiger partial charge in [0.25, 0.3) is 0 Å². The van der Waals surface area contributed by atoms with Gasteiger partial charge < -0.3 is 9.47 Å². The van der Waals surface area contributed by atoms with Crippen molar-refractivity contribution in [2.75, 3.05) is 14.2 Å². The molecule has 4 heteroatoms. The second-order valence-electron chi connectivity index (χ2n) is 4.10. The molecule has 19 heavy (non-hydrogen) atoms. The Morgan fingerprint density at radius 1 is 1.26 bits per heavy atom. The lowest BCUT2D eigenvalue weighted by molar-refractivity contribution is -0.133. The Labute approximate surface area is 114 Å². The first-order valence-electron chi connectivity index (χ1n) is 6.15. The van der Waals surface area contributed by atoms with Gasteiger partial charge in [0, 0.05) is 0 Å². The Balaban J connectivity index is 3.81. The summed E-state index contributed by atoms with van der Waals surface area (Å²) in [5.74, 6) is 0.465. The van der Waals surface area contributed by atoms with Gasteiger partial charge in [0.1, 0.15) is 13.6 Å². The van der Waals surface area contributed by atoms with Crippen LogP contribution in [-0.4, -0.2) is 28.0 Å². The van der Waals surface area contributed by atoms with Crippen LogP contribution in [0.2, 0.25) is 0 Å². The molecule has 0 amide bonds. The van der Waals surface area contributed by atoms with Crippen molar-refractivity contribution in [2.45, 2.75) is 13.8 Å². The maximum absolute atomic E-state index is 11.9. The lowest BCUT2D eigenvalue weighted by atomic mass is 9.92. The van der Waals surface area contributed by atoms with Gasteiger partial charge in [0.15, 0.2) is 0 Å². The van der Waals surface area contributed by atoms with Crippen LogP contribution in [0.3, 0.4) is 0 Å². The van der Waals surface area contributed by atoms with Gasteiger partial charge in [-0.2, -0.15) is 0 Å². The van der Waals surface area contributed by atoms with Gasteiger partial charge >= 0.3 is 5.97 Å². The van der Waals surface area contributed by atoms with Crippen LogP contribution in [0.4, 0.5) is 0 Å². The highest BCUT2D eigenvalue weighted by Gasteiger charge is 2.09. The molecule has 0 aliphatic rings. The maximum Gasteiger partial charge on any atom is 0.338 e. The van der Waals surface area contributed by atoms with Crippen molar-refractivity contribution < 1.29 is 14.3 Å². The highest BCUT2D eigenvalue weighted by molar-refractivity contribution is 6.34. The second kappa shape index (κ2) is 6.83. The minimum absolute atomic E-state index is 0.342. The summed E-state index contributed by atoms with van der Waals surface area (Å²) in [6.07, 6.45) is 5.54. The van der Waals surface area contributed by atoms with E-state index in [0.717, 1.165) is 21.6 Å². The average molecular weight is 258 g/mol. The van der Waals surface area contributed by atoms with Crippen LogP contribution in [0, 0.1) is 0 Å². The summed E-state index contributed by atoms with van der Waals surface area (Å²) >= 11 is 0. The zero-order chi connectivity index (χ0) is 14.4. The third kappa shape index (κ3) is 3.28. The fourth-order valence-corrected chi connectivity index (χ4v) is 1.94. The predicted molar refractivity (Wildman–Crippen MR) is 80.8 cm³/mol. The molecule has 0 spiro atoms. The van der Waals surface area contributed by atoms with E-state index in [4.69, 9.17) is 9.47 Å². The molecule has 0 radical (unpaired) electrons. The fourth-order valence-electron chi connectivity index (χ4n) is 1.94. The summed E-state index contributed by atoms with van der Waals surface area (Å²) in [7, 11) is 4.97. The summed E-state index contributed by atoms with van der Waals surface area (Å²) in [6, 6.07) is 3.87. The molecular formula is C15H19BO3. The van der Waals surface area contributed by atoms with Gasteiger partial charge in [-0.25, -0.2) is 4.79 Å². The minimum atomic E-state index is -0.342. The van der Waals surface area contributed by atoms with E-state index in [0.29, 0.717) is 5.57 Å². The molecule has 0 saturated carbocycles. The van der Waals surface area contributed by atoms with Crippen LogP contribution in [0.1, 0.15) is 13.8 Å². The second-order valence-corrected chi connectivity index (χ2v) is 4.10. The minimum Gasteiger partial charge on any atom is -0.497 e. The van der Waals surface area contributed by atoms with E-state index in [1.807, 2.05) is 46.0 Å². The molecule has 0 aliphatic heterocycles. The van der Waals surface area contributed by atoms with Crippen LogP contribution in [0.15, 0.2) is 24.3 Å². The molecule has 100 valence electrons. The number of rotatable bonds is 3. The van der Waals surface area contributed by atoms with Crippen molar-refractivity contribution in [1.82, 2.24) is 0 Å². The van der Waals surface area contributed by atoms with Crippen molar-refractivity contribution in [3.05, 3.63) is 34.7 Å². The van der Waals surface area contributed by atoms with Gasteiger partial charge in [-0.3, -0.25) is 0 Å². The van der Waals surface area contributed by atoms with Crippen LogP contribution < -0.4 is 20.6 Å². The third-order valence-corrected chi connectivity index (χ3v) is 2.91. The molecular weight excluding hydrogens is 239 g/mol. The molecule has 3 nitrogen and oxygen atoms in total. The average Bonchev–Trinajstić information content (AvgIpc) is 2.43. The molecule has 1 rings (SSSR count). The maximum atomic E-state index is 11.9. The monoisotopic (exact) mass is 258 g/mol. The van der Waals surface area contributed by atoms with E-state index >= 15 is 0 Å². The topological polar surface area (TPSA) is 35.5 Å². The van der Waals surface area contributed by atoms with Crippen LogP contribution in [-0.2, 0) is 9.53 Å². The number of hydrogen-bond acceptors (Lipinski definition) is 3. The van der Waals surface area contributed by atoms with Crippen molar-refractivity contribution in [3.8, 4) is 5.75 Å². The summed E-state index contributed by atoms with van der Waals surface area (Å²) in [6.45, 7) is 3.80. The highest BCUT2D eigenvalue weighted by Crippen LogP contribution is 2.01. The summed E-state index contributed by atoms with van der Waals surface area (Å²) < 4.78 is 10.1. The Hall–Kier alpha value is -1.97. The number of esters is 1. The highest BCUT2D eigenvalue weighted by atomic mass is 16.5. The SMILES string of the molecule is Bc1cc(=C(/C=C\C)C(=O)OC)/c(=C/C)cc1OC. The van der Waals surface area contributed by atoms with Gasteiger partial charge in [-0.1, -0.05) is 24.3 Å². The molecule has 0 heterocycles. The summed E-state index contributed by atoms with van der Waals surface area (Å²) in [4.78, 5) is 11.9. The molecule has 0 atom stereocenters. The molecule has 0 N–H and O–H groups in total. The standard InChI is InChI=1S/C15H19BO3/c1-5-7-11(15(17)19-4)12-9-13(16)14(18-3)8-10(12)6-2/h5-9H,16H2,1-4H3/b7-5-,10-6+,12-11+. The number of benzene rings is 1. The van der Waals surface area contributed by atoms with Crippen LogP contribution >= 0.6 is 0 Å². The van der Waals surface area contributed by atoms with E-state index in [1.54, 1.807) is 13.2 Å². The summed E-state index contributed by atoms with van der Waals surface area (Å²) in [5.41, 5.74) is 1.53. The van der Waals surface area contributed by atoms with Gasteiger partial charge in [-0.05, 0) is 35.8 Å². The molecule has 0 unspecified atom stereocenters. The fraction of sp³-hybridized carbons (Fsp3) is 0.267. The smallest absolute Gasteiger partial charge is 0.338 e. The van der Waals surface area contributed by atoms with E-state index < -0.39 is 0 Å². The molecule has 0 fully saturated rings. The van der Waals surface area contributed by atoms with Crippen molar-refractivity contribution in [1.29, 1.82) is 0 Å². The zero-order valence-corrected chi connectivity index (χ0v) is 12.1. The molecule has 1 aromatic rings. The largest absolute Gasteiger partial charge is 0.497 e. The molecule has 1 aromatic carbocycles. The Morgan fingerprint density at radius 2 is 1.95 bits per heavy atom. The Morgan fingerprint density at radius 3 is 2.42 bits per heavy atom. The molecule has 0 saturated heterocycles. The number of methoxy groups -OCH3 is 2. The Bertz CT molecular complexity index is 615. The number of ether oxygens (including phenoxy) is 2. The van der Waals surface area contributed by atoms with E-state index in [1.165, 1.54) is 7.11 Å². The molecule has 0 aromatic heterocycles. The molecule has 0 bridgehead atoms. The zero-order valence-electron chi connectivity index (χ0n) is 12.1. The Kier molecular flexibility index (Phi) is 5.43. The number of hydrogen-bond donors (Lipinski definition) is 0. The van der Waals surface area contributed by atoms with Crippen molar-refractivity contribution in [3.63, 3.8) is 0 Å². The quantitative estimate of drug-likeness (QED) is 0.549. The van der Waals surface area contributed by atoms with Gasteiger partial charge in [0.05, 0.1) is 19.8 Å². The predicted octanol–water partition coefficient (Wildman–Crippen LogP) is -0.346. The normalized spacial score (nSPS) is 13.6. The van der Waals surface area contributed by atoms with Crippen molar-refractivity contribution >= 4 is 30.9 Å². The number of carbonyl (C=O) groups excluding carboxylic acids is 1. The van der Waals surface area contributed by atoms with E-state index in [9.17, 15) is 4.79 Å². The molecule has 0 aliphatic carbocycles. The lowest BCUT2D eigenvalue weighted by Gasteiger charge is -2.07. The number of allylic oxidation sites excluding steroid dienone is 1. The van der Waals surface area contributed by atoms with Crippen molar-refractivity contribution in [2.24, 2.45) is 0 Å². The third-order valence-electron chi connectivity index (χ3n) is 2.91. The van der Waals surface area contributed by atoms with Crippen LogP contribution in [0.5, 0.6) is 5.75 Å². The van der Waals surface area contributed by atoms with E-state index in [2.05, 4.69) is 0 Å². The summed E-state index contributed by atoms with van der Waals surface area (Å²) in [5, 5.41) is 1.80. The van der Waals surface area contributed by atoms with E-state index in [-0.39, 0.29) is 5.97 Å². The van der Waals surface area contributed by atoms with Gasteiger partial charge in [-0.15, -0.1) is 0 Å². The first kappa shape index (κ1) is 15.1. The lowest BCUT2D eigenvalue weighted by Crippen LogP contribution is -2.33. The van der Waals surface area contributed by atoms with Crippen LogP contribution in [0.25, 0.3) is 11.6 Å². The number of carbonyl (C=O) groups is 1.